The minimum Gasteiger partial charge on any atom is -0.493 e. The summed E-state index contributed by atoms with van der Waals surface area (Å²) in [4.78, 5) is 24.3. The number of carbonyl (C=O) groups excluding carboxylic acids is 1. The van der Waals surface area contributed by atoms with Crippen LogP contribution in [0.5, 0.6) is 5.75 Å². The third-order valence-corrected chi connectivity index (χ3v) is 4.73. The highest BCUT2D eigenvalue weighted by Crippen LogP contribution is 2.28. The number of aryl methyl sites for hydroxylation is 1. The van der Waals surface area contributed by atoms with E-state index >= 15 is 0 Å². The zero-order chi connectivity index (χ0) is 18.1. The van der Waals surface area contributed by atoms with Crippen LogP contribution in [-0.4, -0.2) is 17.1 Å². The fraction of sp³-hybridized carbons (Fsp3) is 0.300. The van der Waals surface area contributed by atoms with E-state index in [0.717, 1.165) is 17.7 Å². The number of fused-ring (bicyclic) bond motifs is 2. The van der Waals surface area contributed by atoms with E-state index in [0.29, 0.717) is 17.7 Å². The smallest absolute Gasteiger partial charge is 0.419 e. The normalized spacial score (nSPS) is 14.0. The van der Waals surface area contributed by atoms with E-state index in [1.165, 1.54) is 10.1 Å². The Bertz CT molecular complexity index is 1020. The van der Waals surface area contributed by atoms with Crippen LogP contribution in [0.2, 0.25) is 0 Å². The van der Waals surface area contributed by atoms with Crippen molar-refractivity contribution in [3.8, 4) is 5.75 Å². The van der Waals surface area contributed by atoms with Crippen molar-refractivity contribution in [3.63, 3.8) is 0 Å². The molecule has 26 heavy (non-hydrogen) atoms. The van der Waals surface area contributed by atoms with Crippen LogP contribution in [0.4, 0.5) is 0 Å². The van der Waals surface area contributed by atoms with Crippen molar-refractivity contribution in [1.29, 1.82) is 0 Å². The molecule has 3 aromatic rings. The molecule has 2 aromatic carbocycles. The van der Waals surface area contributed by atoms with Gasteiger partial charge in [-0.1, -0.05) is 18.2 Å². The molecule has 1 aliphatic heterocycles. The van der Waals surface area contributed by atoms with Crippen LogP contribution in [0.25, 0.3) is 11.1 Å². The zero-order valence-electron chi connectivity index (χ0n) is 14.5. The summed E-state index contributed by atoms with van der Waals surface area (Å²) >= 11 is 0. The Hall–Kier alpha value is -3.02. The van der Waals surface area contributed by atoms with E-state index in [9.17, 15) is 9.59 Å². The summed E-state index contributed by atoms with van der Waals surface area (Å²) in [7, 11) is 0. The summed E-state index contributed by atoms with van der Waals surface area (Å²) in [6.45, 7) is 2.95. The minimum atomic E-state index is -0.439. The second-order valence-corrected chi connectivity index (χ2v) is 6.49. The number of nitrogens with zero attached hydrogens (tertiary/aromatic N) is 1. The first-order valence-corrected chi connectivity index (χ1v) is 8.75. The Balaban J connectivity index is 1.40. The van der Waals surface area contributed by atoms with E-state index < -0.39 is 5.76 Å². The van der Waals surface area contributed by atoms with Crippen LogP contribution >= 0.6 is 0 Å². The molecule has 0 saturated carbocycles. The third-order valence-electron chi connectivity index (χ3n) is 4.73. The summed E-state index contributed by atoms with van der Waals surface area (Å²) < 4.78 is 12.2. The van der Waals surface area contributed by atoms with Crippen molar-refractivity contribution in [2.45, 2.75) is 32.4 Å². The lowest BCUT2D eigenvalue weighted by molar-refractivity contribution is -0.121. The van der Waals surface area contributed by atoms with Gasteiger partial charge >= 0.3 is 5.76 Å². The molecule has 0 aliphatic carbocycles. The lowest BCUT2D eigenvalue weighted by Gasteiger charge is -2.15. The van der Waals surface area contributed by atoms with E-state index in [2.05, 4.69) is 11.4 Å². The van der Waals surface area contributed by atoms with Gasteiger partial charge in [0, 0.05) is 19.4 Å². The lowest BCUT2D eigenvalue weighted by atomic mass is 10.0. The largest absolute Gasteiger partial charge is 0.493 e. The summed E-state index contributed by atoms with van der Waals surface area (Å²) in [6.07, 6.45) is 1.11. The number of carbonyl (C=O) groups is 1. The zero-order valence-corrected chi connectivity index (χ0v) is 14.5. The molecule has 0 saturated heterocycles. The van der Waals surface area contributed by atoms with Crippen molar-refractivity contribution >= 4 is 17.0 Å². The number of amides is 1. The van der Waals surface area contributed by atoms with Gasteiger partial charge in [0.25, 0.3) is 0 Å². The topological polar surface area (TPSA) is 73.5 Å². The maximum Gasteiger partial charge on any atom is 0.419 e. The van der Waals surface area contributed by atoms with Crippen LogP contribution in [-0.2, 0) is 17.8 Å². The maximum absolute atomic E-state index is 12.3. The number of hydrogen-bond donors (Lipinski definition) is 1. The molecule has 134 valence electrons. The molecule has 0 spiro atoms. The molecule has 0 radical (unpaired) electrons. The van der Waals surface area contributed by atoms with Gasteiger partial charge in [-0.2, -0.15) is 0 Å². The minimum absolute atomic E-state index is 0.105. The number of benzene rings is 2. The van der Waals surface area contributed by atoms with Crippen molar-refractivity contribution in [2.75, 3.05) is 6.61 Å². The molecule has 1 amide bonds. The van der Waals surface area contributed by atoms with Gasteiger partial charge in [-0.3, -0.25) is 9.36 Å². The predicted octanol–water partition coefficient (Wildman–Crippen LogP) is 2.80. The Morgan fingerprint density at radius 1 is 1.27 bits per heavy atom. The first-order valence-electron chi connectivity index (χ1n) is 8.75. The molecule has 1 N–H and O–H groups in total. The van der Waals surface area contributed by atoms with Gasteiger partial charge in [0.2, 0.25) is 5.91 Å². The average Bonchev–Trinajstić information content (AvgIpc) is 3.22. The molecule has 6 nitrogen and oxygen atoms in total. The van der Waals surface area contributed by atoms with Gasteiger partial charge in [0.05, 0.1) is 18.2 Å². The molecule has 1 atom stereocenters. The molecule has 0 unspecified atom stereocenters. The number of aromatic nitrogens is 1. The predicted molar refractivity (Wildman–Crippen MR) is 97.3 cm³/mol. The number of para-hydroxylation sites is 2. The molecule has 6 heteroatoms. The molecule has 1 aliphatic rings. The molecular weight excluding hydrogens is 332 g/mol. The molecule has 0 fully saturated rings. The molecule has 1 aromatic heterocycles. The van der Waals surface area contributed by atoms with Crippen molar-refractivity contribution in [3.05, 3.63) is 64.1 Å². The number of oxazole rings is 1. The molecule has 0 bridgehead atoms. The van der Waals surface area contributed by atoms with Crippen LogP contribution in [0, 0.1) is 0 Å². The monoisotopic (exact) mass is 352 g/mol. The average molecular weight is 352 g/mol. The van der Waals surface area contributed by atoms with Crippen molar-refractivity contribution in [2.24, 2.45) is 0 Å². The summed E-state index contributed by atoms with van der Waals surface area (Å²) in [5.74, 6) is 0.385. The van der Waals surface area contributed by atoms with Crippen molar-refractivity contribution < 1.29 is 13.9 Å². The number of nitrogens with one attached hydrogen (secondary N) is 1. The van der Waals surface area contributed by atoms with Gasteiger partial charge in [0.15, 0.2) is 5.58 Å². The quantitative estimate of drug-likeness (QED) is 0.766. The van der Waals surface area contributed by atoms with Crippen LogP contribution in [0.3, 0.4) is 0 Å². The van der Waals surface area contributed by atoms with E-state index in [1.807, 2.05) is 37.3 Å². The first-order chi connectivity index (χ1) is 12.6. The van der Waals surface area contributed by atoms with Gasteiger partial charge in [-0.25, -0.2) is 4.79 Å². The van der Waals surface area contributed by atoms with Crippen LogP contribution in [0.15, 0.2) is 51.7 Å². The molecule has 2 heterocycles. The van der Waals surface area contributed by atoms with Crippen molar-refractivity contribution in [1.82, 2.24) is 9.88 Å². The van der Waals surface area contributed by atoms with E-state index in [1.54, 1.807) is 6.07 Å². The van der Waals surface area contributed by atoms with Gasteiger partial charge in [-0.15, -0.1) is 0 Å². The highest BCUT2D eigenvalue weighted by molar-refractivity contribution is 5.77. The third kappa shape index (κ3) is 3.10. The van der Waals surface area contributed by atoms with Crippen LogP contribution in [0.1, 0.15) is 30.5 Å². The highest BCUT2D eigenvalue weighted by atomic mass is 16.5. The second-order valence-electron chi connectivity index (χ2n) is 6.49. The fourth-order valence-electron chi connectivity index (χ4n) is 3.31. The van der Waals surface area contributed by atoms with Gasteiger partial charge in [0.1, 0.15) is 5.75 Å². The maximum atomic E-state index is 12.3. The fourth-order valence-corrected chi connectivity index (χ4v) is 3.31. The standard InChI is InChI=1S/C20H20N2O4/c1-13(14-6-7-17-15(12-14)9-11-25-17)21-19(23)8-10-22-16-4-2-3-5-18(16)26-20(22)24/h2-7,12-13H,8-11H2,1H3,(H,21,23)/t13-/m1/s1. The Morgan fingerprint density at radius 3 is 3.00 bits per heavy atom. The Labute approximate surface area is 150 Å². The second kappa shape index (κ2) is 6.71. The number of hydrogen-bond acceptors (Lipinski definition) is 4. The van der Waals surface area contributed by atoms with Crippen LogP contribution < -0.4 is 15.8 Å². The van der Waals surface area contributed by atoms with Gasteiger partial charge < -0.3 is 14.5 Å². The summed E-state index contributed by atoms with van der Waals surface area (Å²) in [5, 5.41) is 2.99. The lowest BCUT2D eigenvalue weighted by Crippen LogP contribution is -2.28. The summed E-state index contributed by atoms with van der Waals surface area (Å²) in [5.41, 5.74) is 3.47. The number of ether oxygens (including phenoxy) is 1. The highest BCUT2D eigenvalue weighted by Gasteiger charge is 2.16. The SMILES string of the molecule is C[C@@H](NC(=O)CCn1c(=O)oc2ccccc21)c1ccc2c(c1)CCO2. The van der Waals surface area contributed by atoms with E-state index in [-0.39, 0.29) is 24.9 Å². The molecular formula is C20H20N2O4. The Morgan fingerprint density at radius 2 is 2.12 bits per heavy atom. The molecule has 4 rings (SSSR count). The van der Waals surface area contributed by atoms with Gasteiger partial charge in [-0.05, 0) is 42.3 Å². The Kier molecular flexibility index (Phi) is 4.24. The number of rotatable bonds is 5. The van der Waals surface area contributed by atoms with E-state index in [4.69, 9.17) is 9.15 Å². The first kappa shape index (κ1) is 16.4. The summed E-state index contributed by atoms with van der Waals surface area (Å²) in [6, 6.07) is 13.1.